The minimum absolute atomic E-state index is 0.0967. The Morgan fingerprint density at radius 2 is 2.14 bits per heavy atom. The van der Waals surface area contributed by atoms with E-state index in [-0.39, 0.29) is 18.0 Å². The van der Waals surface area contributed by atoms with Crippen LogP contribution in [0.4, 0.5) is 5.69 Å². The molecule has 0 aliphatic carbocycles. The van der Waals surface area contributed by atoms with Crippen molar-refractivity contribution in [1.82, 2.24) is 0 Å². The van der Waals surface area contributed by atoms with Crippen LogP contribution in [0, 0.1) is 10.1 Å². The number of carbonyl (C=O) groups excluding carboxylic acids is 1. The molecular formula is C13H13NO7. The Kier molecular flexibility index (Phi) is 5.87. The molecule has 0 unspecified atom stereocenters. The Balaban J connectivity index is 2.92. The lowest BCUT2D eigenvalue weighted by atomic mass is 10.1. The molecule has 0 spiro atoms. The quantitative estimate of drug-likeness (QED) is 0.351. The van der Waals surface area contributed by atoms with Gasteiger partial charge in [0.25, 0.3) is 0 Å². The second-order valence-electron chi connectivity index (χ2n) is 3.75. The summed E-state index contributed by atoms with van der Waals surface area (Å²) in [6.45, 7) is 1.37. The van der Waals surface area contributed by atoms with Crippen molar-refractivity contribution in [3.63, 3.8) is 0 Å². The highest BCUT2D eigenvalue weighted by atomic mass is 16.6. The number of rotatable bonds is 7. The molecule has 0 bridgehead atoms. The van der Waals surface area contributed by atoms with Crippen molar-refractivity contribution in [1.29, 1.82) is 0 Å². The van der Waals surface area contributed by atoms with E-state index in [0.29, 0.717) is 5.56 Å². The van der Waals surface area contributed by atoms with Crippen molar-refractivity contribution in [3.05, 3.63) is 40.0 Å². The number of carboxylic acid groups (broad SMARTS) is 1. The van der Waals surface area contributed by atoms with Crippen molar-refractivity contribution in [2.45, 2.75) is 6.92 Å². The summed E-state index contributed by atoms with van der Waals surface area (Å²) >= 11 is 0. The lowest BCUT2D eigenvalue weighted by Crippen LogP contribution is -2.15. The van der Waals surface area contributed by atoms with Crippen LogP contribution in [0.1, 0.15) is 12.5 Å². The molecule has 0 heterocycles. The second-order valence-corrected chi connectivity index (χ2v) is 3.75. The molecule has 0 saturated heterocycles. The number of ether oxygens (including phenoxy) is 2. The van der Waals surface area contributed by atoms with Gasteiger partial charge in [-0.05, 0) is 24.6 Å². The average molecular weight is 295 g/mol. The topological polar surface area (TPSA) is 116 Å². The first-order chi connectivity index (χ1) is 9.93. The number of nitrogens with zero attached hydrogens (tertiary/aromatic N) is 1. The minimum atomic E-state index is -1.17. The molecule has 0 fully saturated rings. The van der Waals surface area contributed by atoms with Gasteiger partial charge in [-0.15, -0.1) is 0 Å². The molecule has 1 aromatic rings. The van der Waals surface area contributed by atoms with Gasteiger partial charge in [0.1, 0.15) is 0 Å². The predicted octanol–water partition coefficient (Wildman–Crippen LogP) is 1.63. The van der Waals surface area contributed by atoms with E-state index >= 15 is 0 Å². The molecule has 8 heteroatoms. The number of hydrogen-bond acceptors (Lipinski definition) is 6. The largest absolute Gasteiger partial charge is 0.478 e. The van der Waals surface area contributed by atoms with Crippen LogP contribution in [0.15, 0.2) is 24.3 Å². The van der Waals surface area contributed by atoms with Crippen LogP contribution < -0.4 is 4.74 Å². The summed E-state index contributed by atoms with van der Waals surface area (Å²) in [7, 11) is 0. The molecule has 0 atom stereocenters. The molecular weight excluding hydrogens is 282 g/mol. The Bertz CT molecular complexity index is 580. The number of aliphatic carboxylic acids is 1. The molecule has 1 N–H and O–H groups in total. The van der Waals surface area contributed by atoms with Crippen LogP contribution >= 0.6 is 0 Å². The highest BCUT2D eigenvalue weighted by Gasteiger charge is 2.17. The molecule has 0 amide bonds. The van der Waals surface area contributed by atoms with Gasteiger partial charge < -0.3 is 14.6 Å². The summed E-state index contributed by atoms with van der Waals surface area (Å²) < 4.78 is 9.68. The number of nitro groups is 1. The van der Waals surface area contributed by atoms with Crippen LogP contribution in [0.2, 0.25) is 0 Å². The van der Waals surface area contributed by atoms with E-state index in [1.54, 1.807) is 6.92 Å². The first kappa shape index (κ1) is 16.2. The van der Waals surface area contributed by atoms with Crippen molar-refractivity contribution >= 4 is 23.7 Å². The van der Waals surface area contributed by atoms with Crippen LogP contribution in [0.5, 0.6) is 5.75 Å². The zero-order chi connectivity index (χ0) is 15.8. The summed E-state index contributed by atoms with van der Waals surface area (Å²) in [5, 5.41) is 19.5. The molecule has 0 aromatic heterocycles. The average Bonchev–Trinajstić information content (AvgIpc) is 2.43. The van der Waals surface area contributed by atoms with Crippen molar-refractivity contribution in [2.75, 3.05) is 13.2 Å². The van der Waals surface area contributed by atoms with Gasteiger partial charge in [0.2, 0.25) is 0 Å². The maximum atomic E-state index is 11.1. The molecule has 112 valence electrons. The standard InChI is InChI=1S/C13H13NO7/c1-2-20-13(17)8-21-11-5-3-9(4-6-12(15)16)7-10(11)14(18)19/h3-7H,2,8H2,1H3,(H,15,16). The van der Waals surface area contributed by atoms with Gasteiger partial charge in [-0.25, -0.2) is 9.59 Å². The highest BCUT2D eigenvalue weighted by Crippen LogP contribution is 2.28. The summed E-state index contributed by atoms with van der Waals surface area (Å²) in [5.74, 6) is -1.90. The van der Waals surface area contributed by atoms with E-state index in [4.69, 9.17) is 9.84 Å². The molecule has 1 aromatic carbocycles. The fourth-order valence-corrected chi connectivity index (χ4v) is 1.41. The zero-order valence-corrected chi connectivity index (χ0v) is 11.1. The van der Waals surface area contributed by atoms with Crippen LogP contribution in [-0.4, -0.2) is 35.2 Å². The fourth-order valence-electron chi connectivity index (χ4n) is 1.41. The van der Waals surface area contributed by atoms with Crippen molar-refractivity contribution in [3.8, 4) is 5.75 Å². The number of hydrogen-bond donors (Lipinski definition) is 1. The monoisotopic (exact) mass is 295 g/mol. The van der Waals surface area contributed by atoms with E-state index < -0.39 is 23.5 Å². The third-order valence-corrected chi connectivity index (χ3v) is 2.25. The summed E-state index contributed by atoms with van der Waals surface area (Å²) in [5.41, 5.74) is -0.0422. The van der Waals surface area contributed by atoms with Gasteiger partial charge in [0.05, 0.1) is 11.5 Å². The van der Waals surface area contributed by atoms with Crippen LogP contribution in [-0.2, 0) is 14.3 Å². The summed E-state index contributed by atoms with van der Waals surface area (Å²) in [4.78, 5) is 31.8. The van der Waals surface area contributed by atoms with E-state index in [1.807, 2.05) is 0 Å². The molecule has 8 nitrogen and oxygen atoms in total. The third-order valence-electron chi connectivity index (χ3n) is 2.25. The Labute approximate surface area is 119 Å². The number of nitro benzene ring substituents is 1. The molecule has 1 rings (SSSR count). The van der Waals surface area contributed by atoms with Gasteiger partial charge in [0.15, 0.2) is 12.4 Å². The third kappa shape index (κ3) is 5.31. The SMILES string of the molecule is CCOC(=O)COc1ccc(C=CC(=O)O)cc1[N+](=O)[O-]. The lowest BCUT2D eigenvalue weighted by molar-refractivity contribution is -0.385. The van der Waals surface area contributed by atoms with Gasteiger partial charge in [-0.3, -0.25) is 10.1 Å². The van der Waals surface area contributed by atoms with Gasteiger partial charge in [-0.2, -0.15) is 0 Å². The number of benzene rings is 1. The van der Waals surface area contributed by atoms with E-state index in [2.05, 4.69) is 4.74 Å². The second kappa shape index (κ2) is 7.63. The van der Waals surface area contributed by atoms with Crippen LogP contribution in [0.25, 0.3) is 6.08 Å². The minimum Gasteiger partial charge on any atom is -0.478 e. The maximum Gasteiger partial charge on any atom is 0.344 e. The summed E-state index contributed by atoms with van der Waals surface area (Å²) in [6, 6.07) is 3.88. The highest BCUT2D eigenvalue weighted by molar-refractivity contribution is 5.85. The van der Waals surface area contributed by atoms with Gasteiger partial charge in [-0.1, -0.05) is 6.07 Å². The van der Waals surface area contributed by atoms with Crippen molar-refractivity contribution in [2.24, 2.45) is 0 Å². The van der Waals surface area contributed by atoms with Gasteiger partial charge in [0, 0.05) is 12.1 Å². The van der Waals surface area contributed by atoms with E-state index in [9.17, 15) is 19.7 Å². The summed E-state index contributed by atoms with van der Waals surface area (Å²) in [6.07, 6.45) is 2.07. The van der Waals surface area contributed by atoms with E-state index in [1.165, 1.54) is 18.2 Å². The molecule has 21 heavy (non-hydrogen) atoms. The number of carboxylic acids is 1. The predicted molar refractivity (Wildman–Crippen MR) is 71.9 cm³/mol. The first-order valence-corrected chi connectivity index (χ1v) is 5.92. The maximum absolute atomic E-state index is 11.1. The number of carbonyl (C=O) groups is 2. The number of esters is 1. The van der Waals surface area contributed by atoms with Gasteiger partial charge >= 0.3 is 17.6 Å². The Morgan fingerprint density at radius 1 is 1.43 bits per heavy atom. The lowest BCUT2D eigenvalue weighted by Gasteiger charge is -2.06. The fraction of sp³-hybridized carbons (Fsp3) is 0.231. The normalized spacial score (nSPS) is 10.3. The molecule has 0 radical (unpaired) electrons. The molecule has 0 saturated carbocycles. The smallest absolute Gasteiger partial charge is 0.344 e. The molecule has 0 aliphatic heterocycles. The zero-order valence-electron chi connectivity index (χ0n) is 11.1. The van der Waals surface area contributed by atoms with Crippen LogP contribution in [0.3, 0.4) is 0 Å². The van der Waals surface area contributed by atoms with Crippen molar-refractivity contribution < 1.29 is 29.1 Å². The van der Waals surface area contributed by atoms with E-state index in [0.717, 1.165) is 12.1 Å². The Hall–Kier alpha value is -2.90. The Morgan fingerprint density at radius 3 is 2.71 bits per heavy atom. The molecule has 0 aliphatic rings. The first-order valence-electron chi connectivity index (χ1n) is 5.92.